The van der Waals surface area contributed by atoms with Crippen LogP contribution in [0.2, 0.25) is 0 Å². The quantitative estimate of drug-likeness (QED) is 0.640. The van der Waals surface area contributed by atoms with Crippen molar-refractivity contribution in [2.24, 2.45) is 11.8 Å². The van der Waals surface area contributed by atoms with Crippen LogP contribution < -0.4 is 5.32 Å². The van der Waals surface area contributed by atoms with E-state index >= 15 is 0 Å². The van der Waals surface area contributed by atoms with E-state index in [4.69, 9.17) is 0 Å². The number of hydrogen-bond acceptors (Lipinski definition) is 3. The molecule has 0 aliphatic heterocycles. The molecule has 1 aliphatic carbocycles. The van der Waals surface area contributed by atoms with Crippen LogP contribution in [0.1, 0.15) is 52.4 Å². The van der Waals surface area contributed by atoms with Gasteiger partial charge < -0.3 is 15.5 Å². The van der Waals surface area contributed by atoms with Gasteiger partial charge in [0, 0.05) is 6.54 Å². The van der Waals surface area contributed by atoms with E-state index < -0.39 is 12.2 Å². The second kappa shape index (κ2) is 8.06. The molecule has 17 heavy (non-hydrogen) atoms. The topological polar surface area (TPSA) is 52.5 Å². The van der Waals surface area contributed by atoms with E-state index in [-0.39, 0.29) is 0 Å². The molecule has 1 rings (SSSR count). The van der Waals surface area contributed by atoms with E-state index in [0.717, 1.165) is 12.5 Å². The molecule has 0 heterocycles. The normalized spacial score (nSPS) is 21.7. The Balaban J connectivity index is 2.08. The van der Waals surface area contributed by atoms with Crippen molar-refractivity contribution in [2.75, 3.05) is 13.1 Å². The number of nitrogens with one attached hydrogen (secondary N) is 1. The maximum atomic E-state index is 9.78. The van der Waals surface area contributed by atoms with Gasteiger partial charge in [-0.3, -0.25) is 0 Å². The number of rotatable bonds is 7. The van der Waals surface area contributed by atoms with Crippen molar-refractivity contribution in [3.8, 4) is 0 Å². The second-order valence-electron chi connectivity index (χ2n) is 5.93. The predicted octanol–water partition coefficient (Wildman–Crippen LogP) is 1.92. The first kappa shape index (κ1) is 14.9. The van der Waals surface area contributed by atoms with Crippen LogP contribution in [-0.2, 0) is 0 Å². The molecule has 1 aliphatic rings. The van der Waals surface area contributed by atoms with E-state index in [1.54, 1.807) is 0 Å². The molecule has 3 N–H and O–H groups in total. The van der Waals surface area contributed by atoms with Gasteiger partial charge in [-0.25, -0.2) is 0 Å². The molecule has 0 saturated heterocycles. The smallest absolute Gasteiger partial charge is 0.0923 e. The Hall–Kier alpha value is -0.120. The highest BCUT2D eigenvalue weighted by molar-refractivity contribution is 4.73. The largest absolute Gasteiger partial charge is 0.390 e. The summed E-state index contributed by atoms with van der Waals surface area (Å²) in [6.07, 6.45) is 6.18. The lowest BCUT2D eigenvalue weighted by Gasteiger charge is -2.24. The molecule has 0 bridgehead atoms. The monoisotopic (exact) mass is 243 g/mol. The van der Waals surface area contributed by atoms with Gasteiger partial charge in [-0.1, -0.05) is 33.1 Å². The maximum absolute atomic E-state index is 9.78. The maximum Gasteiger partial charge on any atom is 0.0923 e. The van der Waals surface area contributed by atoms with Gasteiger partial charge in [-0.05, 0) is 37.6 Å². The van der Waals surface area contributed by atoms with Crippen molar-refractivity contribution < 1.29 is 10.2 Å². The summed E-state index contributed by atoms with van der Waals surface area (Å²) >= 11 is 0. The summed E-state index contributed by atoms with van der Waals surface area (Å²) in [4.78, 5) is 0. The highest BCUT2D eigenvalue weighted by Gasteiger charge is 2.18. The zero-order valence-electron chi connectivity index (χ0n) is 11.4. The first-order valence-corrected chi connectivity index (χ1v) is 7.16. The van der Waals surface area contributed by atoms with Gasteiger partial charge in [-0.2, -0.15) is 0 Å². The number of hydrogen-bond donors (Lipinski definition) is 3. The molecule has 0 unspecified atom stereocenters. The van der Waals surface area contributed by atoms with E-state index in [1.807, 2.05) is 0 Å². The molecule has 0 amide bonds. The summed E-state index contributed by atoms with van der Waals surface area (Å²) in [6, 6.07) is 0. The van der Waals surface area contributed by atoms with E-state index in [1.165, 1.54) is 32.1 Å². The molecule has 0 spiro atoms. The Morgan fingerprint density at radius 1 is 1.06 bits per heavy atom. The molecule has 0 aromatic heterocycles. The molecule has 1 fully saturated rings. The van der Waals surface area contributed by atoms with Crippen LogP contribution in [0, 0.1) is 11.8 Å². The van der Waals surface area contributed by atoms with Gasteiger partial charge in [0.25, 0.3) is 0 Å². The Morgan fingerprint density at radius 2 is 1.71 bits per heavy atom. The van der Waals surface area contributed by atoms with Crippen molar-refractivity contribution >= 4 is 0 Å². The summed E-state index contributed by atoms with van der Waals surface area (Å²) < 4.78 is 0. The summed E-state index contributed by atoms with van der Waals surface area (Å²) in [5.74, 6) is 1.20. The van der Waals surface area contributed by atoms with Crippen LogP contribution in [-0.4, -0.2) is 35.5 Å². The van der Waals surface area contributed by atoms with Crippen LogP contribution >= 0.6 is 0 Å². The van der Waals surface area contributed by atoms with Crippen LogP contribution in [0.25, 0.3) is 0 Å². The number of aliphatic hydroxyl groups excluding tert-OH is 2. The van der Waals surface area contributed by atoms with Gasteiger partial charge in [0.05, 0.1) is 12.2 Å². The minimum Gasteiger partial charge on any atom is -0.390 e. The van der Waals surface area contributed by atoms with Gasteiger partial charge in [0.15, 0.2) is 0 Å². The summed E-state index contributed by atoms with van der Waals surface area (Å²) in [5, 5.41) is 22.8. The molecule has 1 saturated carbocycles. The summed E-state index contributed by atoms with van der Waals surface area (Å²) in [6.45, 7) is 5.63. The molecule has 102 valence electrons. The molecule has 0 aromatic carbocycles. The Kier molecular flexibility index (Phi) is 7.09. The minimum absolute atomic E-state index is 0.429. The highest BCUT2D eigenvalue weighted by Crippen LogP contribution is 2.22. The van der Waals surface area contributed by atoms with E-state index in [0.29, 0.717) is 18.9 Å². The number of aliphatic hydroxyl groups is 2. The zero-order chi connectivity index (χ0) is 12.7. The summed E-state index contributed by atoms with van der Waals surface area (Å²) in [7, 11) is 0. The van der Waals surface area contributed by atoms with Crippen molar-refractivity contribution in [1.29, 1.82) is 0 Å². The third-order valence-corrected chi connectivity index (χ3v) is 3.67. The lowest BCUT2D eigenvalue weighted by molar-refractivity contribution is 0.00787. The molecular weight excluding hydrogens is 214 g/mol. The first-order valence-electron chi connectivity index (χ1n) is 7.16. The SMILES string of the molecule is CC(C)C[C@H](O)[C@H](O)CNCC1CCCCC1. The Bertz CT molecular complexity index is 191. The second-order valence-corrected chi connectivity index (χ2v) is 5.93. The van der Waals surface area contributed by atoms with Crippen LogP contribution in [0.3, 0.4) is 0 Å². The summed E-state index contributed by atoms with van der Waals surface area (Å²) in [5.41, 5.74) is 0. The van der Waals surface area contributed by atoms with Crippen LogP contribution in [0.4, 0.5) is 0 Å². The fourth-order valence-electron chi connectivity index (χ4n) is 2.60. The molecule has 2 atom stereocenters. The fourth-order valence-corrected chi connectivity index (χ4v) is 2.60. The highest BCUT2D eigenvalue weighted by atomic mass is 16.3. The van der Waals surface area contributed by atoms with Gasteiger partial charge in [-0.15, -0.1) is 0 Å². The molecule has 0 radical (unpaired) electrons. The van der Waals surface area contributed by atoms with Crippen molar-refractivity contribution in [2.45, 2.75) is 64.6 Å². The minimum atomic E-state index is -0.624. The van der Waals surface area contributed by atoms with Crippen molar-refractivity contribution in [3.63, 3.8) is 0 Å². The lowest BCUT2D eigenvalue weighted by atomic mass is 9.89. The van der Waals surface area contributed by atoms with Crippen molar-refractivity contribution in [1.82, 2.24) is 5.32 Å². The van der Waals surface area contributed by atoms with Crippen LogP contribution in [0.5, 0.6) is 0 Å². The third kappa shape index (κ3) is 6.39. The van der Waals surface area contributed by atoms with Crippen LogP contribution in [0.15, 0.2) is 0 Å². The predicted molar refractivity (Wildman–Crippen MR) is 70.9 cm³/mol. The molecular formula is C14H29NO2. The molecule has 0 aromatic rings. The van der Waals surface area contributed by atoms with Gasteiger partial charge in [0.1, 0.15) is 0 Å². The first-order chi connectivity index (χ1) is 8.09. The average molecular weight is 243 g/mol. The van der Waals surface area contributed by atoms with Gasteiger partial charge in [0.2, 0.25) is 0 Å². The average Bonchev–Trinajstić information content (AvgIpc) is 2.29. The Morgan fingerprint density at radius 3 is 2.29 bits per heavy atom. The standard InChI is InChI=1S/C14H29NO2/c1-11(2)8-13(16)14(17)10-15-9-12-6-4-3-5-7-12/h11-17H,3-10H2,1-2H3/t13-,14+/m0/s1. The fraction of sp³-hybridized carbons (Fsp3) is 1.00. The Labute approximate surface area is 106 Å². The zero-order valence-corrected chi connectivity index (χ0v) is 11.4. The van der Waals surface area contributed by atoms with E-state index in [9.17, 15) is 10.2 Å². The molecule has 3 nitrogen and oxygen atoms in total. The van der Waals surface area contributed by atoms with E-state index in [2.05, 4.69) is 19.2 Å². The van der Waals surface area contributed by atoms with Gasteiger partial charge >= 0.3 is 0 Å². The third-order valence-electron chi connectivity index (χ3n) is 3.67. The molecule has 3 heteroatoms. The van der Waals surface area contributed by atoms with Crippen molar-refractivity contribution in [3.05, 3.63) is 0 Å². The lowest BCUT2D eigenvalue weighted by Crippen LogP contribution is -2.38.